The molecule has 6 heteroatoms. The Morgan fingerprint density at radius 2 is 2.07 bits per heavy atom. The van der Waals surface area contributed by atoms with Crippen LogP contribution in [0.25, 0.3) is 0 Å². The molecule has 0 spiro atoms. The number of hydrogen-bond acceptors (Lipinski definition) is 3. The molecule has 0 aromatic heterocycles. The molecule has 3 nitrogen and oxygen atoms in total. The first-order valence-electron chi connectivity index (χ1n) is 4.10. The van der Waals surface area contributed by atoms with E-state index < -0.39 is 11.7 Å². The second kappa shape index (κ2) is 4.50. The van der Waals surface area contributed by atoms with Crippen LogP contribution in [-0.2, 0) is 12.7 Å². The number of halogens is 3. The molecule has 0 heterocycles. The third-order valence-corrected chi connectivity index (χ3v) is 1.85. The van der Waals surface area contributed by atoms with E-state index in [1.807, 2.05) is 0 Å². The number of methoxy groups -OCH3 is 1. The van der Waals surface area contributed by atoms with Gasteiger partial charge in [0.25, 0.3) is 0 Å². The molecule has 0 aliphatic carbocycles. The lowest BCUT2D eigenvalue weighted by molar-refractivity contribution is -0.138. The van der Waals surface area contributed by atoms with Crippen LogP contribution in [0.15, 0.2) is 18.2 Å². The average Bonchev–Trinajstić information content (AvgIpc) is 2.17. The molecule has 84 valence electrons. The van der Waals surface area contributed by atoms with E-state index >= 15 is 0 Å². The van der Waals surface area contributed by atoms with E-state index in [1.165, 1.54) is 19.2 Å². The minimum Gasteiger partial charge on any atom is -0.496 e. The molecule has 0 aliphatic rings. The molecule has 1 aromatic carbocycles. The summed E-state index contributed by atoms with van der Waals surface area (Å²) in [6, 6.07) is 3.59. The summed E-state index contributed by atoms with van der Waals surface area (Å²) in [6.45, 7) is -0.0485. The minimum absolute atomic E-state index is 0.0485. The quantitative estimate of drug-likeness (QED) is 0.769. The standard InChI is InChI=1S/C9H10F3NO2/c1-15-8-3-2-6(5-13-14)4-7(8)9(10,11)12/h2-4,13-14H,5H2,1H3. The summed E-state index contributed by atoms with van der Waals surface area (Å²) in [6.07, 6.45) is -4.46. The van der Waals surface area contributed by atoms with Gasteiger partial charge in [0.2, 0.25) is 0 Å². The summed E-state index contributed by atoms with van der Waals surface area (Å²) in [5, 5.41) is 8.38. The number of alkyl halides is 3. The minimum atomic E-state index is -4.46. The van der Waals surface area contributed by atoms with E-state index in [-0.39, 0.29) is 12.3 Å². The molecular weight excluding hydrogens is 211 g/mol. The molecule has 1 rings (SSSR count). The number of nitrogens with one attached hydrogen (secondary N) is 1. The average molecular weight is 221 g/mol. The summed E-state index contributed by atoms with van der Waals surface area (Å²) in [5.74, 6) is -0.232. The van der Waals surface area contributed by atoms with Gasteiger partial charge in [-0.1, -0.05) is 6.07 Å². The Labute approximate surface area is 84.4 Å². The van der Waals surface area contributed by atoms with Gasteiger partial charge in [0, 0.05) is 6.54 Å². The van der Waals surface area contributed by atoms with Gasteiger partial charge in [0.05, 0.1) is 12.7 Å². The SMILES string of the molecule is COc1ccc(CNO)cc1C(F)(F)F. The van der Waals surface area contributed by atoms with Crippen LogP contribution in [0.3, 0.4) is 0 Å². The van der Waals surface area contributed by atoms with Crippen molar-refractivity contribution < 1.29 is 23.1 Å². The smallest absolute Gasteiger partial charge is 0.419 e. The van der Waals surface area contributed by atoms with E-state index in [0.29, 0.717) is 5.56 Å². The first-order chi connectivity index (χ1) is 6.99. The zero-order valence-corrected chi connectivity index (χ0v) is 7.93. The predicted molar refractivity (Wildman–Crippen MR) is 46.6 cm³/mol. The Balaban J connectivity index is 3.13. The van der Waals surface area contributed by atoms with Crippen molar-refractivity contribution in [3.05, 3.63) is 29.3 Å². The van der Waals surface area contributed by atoms with Crippen molar-refractivity contribution in [1.29, 1.82) is 0 Å². The molecule has 0 saturated heterocycles. The Morgan fingerprint density at radius 1 is 1.40 bits per heavy atom. The van der Waals surface area contributed by atoms with Crippen LogP contribution in [0.2, 0.25) is 0 Å². The van der Waals surface area contributed by atoms with Gasteiger partial charge in [-0.15, -0.1) is 0 Å². The molecule has 0 aliphatic heterocycles. The van der Waals surface area contributed by atoms with E-state index in [0.717, 1.165) is 6.07 Å². The van der Waals surface area contributed by atoms with Gasteiger partial charge in [-0.3, -0.25) is 0 Å². The number of benzene rings is 1. The first kappa shape index (κ1) is 11.8. The van der Waals surface area contributed by atoms with Crippen molar-refractivity contribution >= 4 is 0 Å². The highest BCUT2D eigenvalue weighted by Gasteiger charge is 2.34. The lowest BCUT2D eigenvalue weighted by Crippen LogP contribution is -2.11. The molecule has 0 fully saturated rings. The highest BCUT2D eigenvalue weighted by atomic mass is 19.4. The van der Waals surface area contributed by atoms with Gasteiger partial charge < -0.3 is 9.94 Å². The van der Waals surface area contributed by atoms with Crippen LogP contribution in [0.1, 0.15) is 11.1 Å². The number of ether oxygens (including phenoxy) is 1. The molecule has 0 radical (unpaired) electrons. The lowest BCUT2D eigenvalue weighted by Gasteiger charge is -2.13. The van der Waals surface area contributed by atoms with Crippen LogP contribution in [0.5, 0.6) is 5.75 Å². The molecule has 0 atom stereocenters. The largest absolute Gasteiger partial charge is 0.496 e. The fourth-order valence-electron chi connectivity index (χ4n) is 1.18. The van der Waals surface area contributed by atoms with E-state index in [9.17, 15) is 13.2 Å². The lowest BCUT2D eigenvalue weighted by atomic mass is 10.1. The van der Waals surface area contributed by atoms with Crippen molar-refractivity contribution in [1.82, 2.24) is 5.48 Å². The second-order valence-corrected chi connectivity index (χ2v) is 2.87. The maximum Gasteiger partial charge on any atom is 0.419 e. The predicted octanol–water partition coefficient (Wildman–Crippen LogP) is 2.19. The van der Waals surface area contributed by atoms with Crippen molar-refractivity contribution in [3.8, 4) is 5.75 Å². The van der Waals surface area contributed by atoms with Gasteiger partial charge >= 0.3 is 6.18 Å². The van der Waals surface area contributed by atoms with Crippen LogP contribution in [0.4, 0.5) is 13.2 Å². The summed E-state index contributed by atoms with van der Waals surface area (Å²) in [4.78, 5) is 0. The third kappa shape index (κ3) is 2.84. The van der Waals surface area contributed by atoms with Gasteiger partial charge in [0.15, 0.2) is 0 Å². The number of hydroxylamine groups is 1. The van der Waals surface area contributed by atoms with Crippen LogP contribution < -0.4 is 10.2 Å². The topological polar surface area (TPSA) is 41.5 Å². The summed E-state index contributed by atoms with van der Waals surface area (Å²) in [5.41, 5.74) is 1.27. The molecular formula is C9H10F3NO2. The summed E-state index contributed by atoms with van der Waals surface area (Å²) in [7, 11) is 1.18. The maximum absolute atomic E-state index is 12.5. The van der Waals surface area contributed by atoms with Gasteiger partial charge in [-0.05, 0) is 17.7 Å². The van der Waals surface area contributed by atoms with Crippen molar-refractivity contribution in [2.75, 3.05) is 7.11 Å². The van der Waals surface area contributed by atoms with Crippen LogP contribution in [-0.4, -0.2) is 12.3 Å². The van der Waals surface area contributed by atoms with Crippen LogP contribution >= 0.6 is 0 Å². The highest BCUT2D eigenvalue weighted by molar-refractivity contribution is 5.39. The first-order valence-corrected chi connectivity index (χ1v) is 4.10. The Hall–Kier alpha value is -1.27. The molecule has 15 heavy (non-hydrogen) atoms. The summed E-state index contributed by atoms with van der Waals surface area (Å²) >= 11 is 0. The molecule has 0 saturated carbocycles. The molecule has 1 aromatic rings. The normalized spacial score (nSPS) is 11.5. The third-order valence-electron chi connectivity index (χ3n) is 1.85. The molecule has 0 amide bonds. The monoisotopic (exact) mass is 221 g/mol. The van der Waals surface area contributed by atoms with Gasteiger partial charge in [0.1, 0.15) is 5.75 Å². The fourth-order valence-corrected chi connectivity index (χ4v) is 1.18. The highest BCUT2D eigenvalue weighted by Crippen LogP contribution is 2.36. The van der Waals surface area contributed by atoms with E-state index in [2.05, 4.69) is 4.74 Å². The molecule has 2 N–H and O–H groups in total. The van der Waals surface area contributed by atoms with Crippen molar-refractivity contribution in [2.24, 2.45) is 0 Å². The van der Waals surface area contributed by atoms with Gasteiger partial charge in [-0.25, -0.2) is 5.48 Å². The molecule has 0 unspecified atom stereocenters. The Bertz CT molecular complexity index is 339. The second-order valence-electron chi connectivity index (χ2n) is 2.87. The zero-order chi connectivity index (χ0) is 11.5. The van der Waals surface area contributed by atoms with E-state index in [1.54, 1.807) is 5.48 Å². The van der Waals surface area contributed by atoms with Crippen molar-refractivity contribution in [3.63, 3.8) is 0 Å². The van der Waals surface area contributed by atoms with Crippen molar-refractivity contribution in [2.45, 2.75) is 12.7 Å². The fraction of sp³-hybridized carbons (Fsp3) is 0.333. The Morgan fingerprint density at radius 3 is 2.53 bits per heavy atom. The van der Waals surface area contributed by atoms with Gasteiger partial charge in [-0.2, -0.15) is 13.2 Å². The van der Waals surface area contributed by atoms with Crippen LogP contribution in [0, 0.1) is 0 Å². The van der Waals surface area contributed by atoms with E-state index in [4.69, 9.17) is 5.21 Å². The summed E-state index contributed by atoms with van der Waals surface area (Å²) < 4.78 is 42.1. The maximum atomic E-state index is 12.5. The number of hydrogen-bond donors (Lipinski definition) is 2. The molecule has 0 bridgehead atoms. The Kier molecular flexibility index (Phi) is 3.54. The zero-order valence-electron chi connectivity index (χ0n) is 7.93. The number of rotatable bonds is 3.